The number of hydrogen-bond acceptors (Lipinski definition) is 6. The number of nitrogens with one attached hydrogen (secondary N) is 1. The van der Waals surface area contributed by atoms with Crippen LogP contribution >= 0.6 is 11.3 Å². The molecule has 2 heterocycles. The average molecular weight is 371 g/mol. The van der Waals surface area contributed by atoms with Crippen LogP contribution in [0.3, 0.4) is 0 Å². The Labute approximate surface area is 156 Å². The molecule has 6 nitrogen and oxygen atoms in total. The molecule has 1 aromatic heterocycles. The topological polar surface area (TPSA) is 74.6 Å². The van der Waals surface area contributed by atoms with Gasteiger partial charge in [0.15, 0.2) is 11.5 Å². The number of nitriles is 1. The van der Waals surface area contributed by atoms with Gasteiger partial charge < -0.3 is 14.8 Å². The van der Waals surface area contributed by atoms with Crippen molar-refractivity contribution in [2.24, 2.45) is 0 Å². The fraction of sp³-hybridized carbons (Fsp3) is 0.368. The molecule has 1 aliphatic heterocycles. The molecule has 1 amide bonds. The molecule has 0 aliphatic carbocycles. The molecule has 26 heavy (non-hydrogen) atoms. The fourth-order valence-corrected chi connectivity index (χ4v) is 3.61. The van der Waals surface area contributed by atoms with Crippen molar-refractivity contribution in [2.45, 2.75) is 19.4 Å². The van der Waals surface area contributed by atoms with Crippen molar-refractivity contribution in [3.63, 3.8) is 0 Å². The third-order valence-corrected chi connectivity index (χ3v) is 4.80. The van der Waals surface area contributed by atoms with Crippen LogP contribution in [0.25, 0.3) is 0 Å². The van der Waals surface area contributed by atoms with Crippen LogP contribution in [0.4, 0.5) is 5.00 Å². The lowest BCUT2D eigenvalue weighted by atomic mass is 10.2. The molecule has 3 rings (SSSR count). The van der Waals surface area contributed by atoms with Crippen LogP contribution in [0.2, 0.25) is 0 Å². The van der Waals surface area contributed by atoms with E-state index in [1.54, 1.807) is 11.4 Å². The maximum Gasteiger partial charge on any atom is 0.239 e. The smallest absolute Gasteiger partial charge is 0.239 e. The van der Waals surface area contributed by atoms with Crippen molar-refractivity contribution in [2.75, 3.05) is 31.6 Å². The summed E-state index contributed by atoms with van der Waals surface area (Å²) in [4.78, 5) is 14.4. The molecule has 2 aromatic rings. The first kappa shape index (κ1) is 18.2. The predicted molar refractivity (Wildman–Crippen MR) is 101 cm³/mol. The van der Waals surface area contributed by atoms with E-state index < -0.39 is 0 Å². The highest BCUT2D eigenvalue weighted by Gasteiger charge is 2.24. The fourth-order valence-electron chi connectivity index (χ4n) is 2.86. The Kier molecular flexibility index (Phi) is 6.10. The lowest BCUT2D eigenvalue weighted by Crippen LogP contribution is -2.44. The number of rotatable bonds is 7. The van der Waals surface area contributed by atoms with Crippen LogP contribution in [0.1, 0.15) is 18.9 Å². The summed E-state index contributed by atoms with van der Waals surface area (Å²) in [6.45, 7) is 4.17. The number of ether oxygens (including phenoxy) is 2. The summed E-state index contributed by atoms with van der Waals surface area (Å²) in [5.41, 5.74) is 0.492. The molecular weight excluding hydrogens is 350 g/mol. The monoisotopic (exact) mass is 371 g/mol. The number of carbonyl (C=O) groups excluding carboxylic acids is 1. The maximum absolute atomic E-state index is 12.4. The molecule has 1 N–H and O–H groups in total. The van der Waals surface area contributed by atoms with Crippen LogP contribution in [-0.2, 0) is 4.79 Å². The Balaban J connectivity index is 1.57. The van der Waals surface area contributed by atoms with Gasteiger partial charge in [0.1, 0.15) is 23.8 Å². The first-order valence-corrected chi connectivity index (χ1v) is 9.46. The Morgan fingerprint density at radius 2 is 2.19 bits per heavy atom. The molecule has 0 fully saturated rings. The molecule has 0 radical (unpaired) electrons. The highest BCUT2D eigenvalue weighted by molar-refractivity contribution is 7.14. The lowest BCUT2D eigenvalue weighted by Gasteiger charge is -2.30. The second-order valence-electron chi connectivity index (χ2n) is 6.06. The maximum atomic E-state index is 12.4. The van der Waals surface area contributed by atoms with Gasteiger partial charge in [-0.1, -0.05) is 19.1 Å². The SMILES string of the molecule is CCCN(CC(=O)Nc1sccc1C#N)C[C@@H]1COc2ccccc2O1. The van der Waals surface area contributed by atoms with Crippen LogP contribution < -0.4 is 14.8 Å². The molecule has 0 saturated carbocycles. The van der Waals surface area contributed by atoms with Gasteiger partial charge in [-0.25, -0.2) is 0 Å². The van der Waals surface area contributed by atoms with E-state index >= 15 is 0 Å². The number of thiophene rings is 1. The molecule has 0 saturated heterocycles. The van der Waals surface area contributed by atoms with E-state index in [2.05, 4.69) is 23.2 Å². The van der Waals surface area contributed by atoms with E-state index in [1.165, 1.54) is 11.3 Å². The van der Waals surface area contributed by atoms with Gasteiger partial charge in [-0.3, -0.25) is 9.69 Å². The molecule has 1 atom stereocenters. The van der Waals surface area contributed by atoms with Crippen LogP contribution in [0.15, 0.2) is 35.7 Å². The number of para-hydroxylation sites is 2. The standard InChI is InChI=1S/C19H21N3O3S/c1-2-8-22(12-18(23)21-19-14(10-20)7-9-26-19)11-15-13-24-16-5-3-4-6-17(16)25-15/h3-7,9,15H,2,8,11-13H2,1H3,(H,21,23)/t15-/m1/s1. The zero-order valence-corrected chi connectivity index (χ0v) is 15.4. The molecular formula is C19H21N3O3S. The number of benzene rings is 1. The molecule has 1 aromatic carbocycles. The Hall–Kier alpha value is -2.56. The first-order valence-electron chi connectivity index (χ1n) is 8.58. The number of fused-ring (bicyclic) bond motifs is 1. The van der Waals surface area contributed by atoms with Gasteiger partial charge in [0.05, 0.1) is 12.1 Å². The molecule has 1 aliphatic rings. The van der Waals surface area contributed by atoms with Gasteiger partial charge in [0.25, 0.3) is 0 Å². The number of anilines is 1. The Bertz CT molecular complexity index is 799. The van der Waals surface area contributed by atoms with Gasteiger partial charge in [-0.2, -0.15) is 5.26 Å². The van der Waals surface area contributed by atoms with Gasteiger partial charge in [-0.15, -0.1) is 11.3 Å². The van der Waals surface area contributed by atoms with Gasteiger partial charge in [0, 0.05) is 6.54 Å². The Morgan fingerprint density at radius 1 is 1.38 bits per heavy atom. The van der Waals surface area contributed by atoms with Crippen molar-refractivity contribution in [3.05, 3.63) is 41.3 Å². The molecule has 136 valence electrons. The second kappa shape index (κ2) is 8.70. The van der Waals surface area contributed by atoms with Gasteiger partial charge in [0.2, 0.25) is 5.91 Å². The van der Waals surface area contributed by atoms with Crippen LogP contribution in [0.5, 0.6) is 11.5 Å². The first-order chi connectivity index (χ1) is 12.7. The zero-order valence-electron chi connectivity index (χ0n) is 14.6. The average Bonchev–Trinajstić information content (AvgIpc) is 3.08. The van der Waals surface area contributed by atoms with Crippen LogP contribution in [0, 0.1) is 11.3 Å². The Morgan fingerprint density at radius 3 is 2.96 bits per heavy atom. The summed E-state index contributed by atoms with van der Waals surface area (Å²) in [5, 5.41) is 14.3. The third kappa shape index (κ3) is 4.54. The second-order valence-corrected chi connectivity index (χ2v) is 6.97. The van der Waals surface area contributed by atoms with E-state index in [1.807, 2.05) is 24.3 Å². The summed E-state index contributed by atoms with van der Waals surface area (Å²) in [6.07, 6.45) is 0.806. The molecule has 0 bridgehead atoms. The van der Waals surface area contributed by atoms with E-state index in [4.69, 9.17) is 14.7 Å². The van der Waals surface area contributed by atoms with Crippen LogP contribution in [-0.4, -0.2) is 43.2 Å². The van der Waals surface area contributed by atoms with E-state index in [0.717, 1.165) is 24.5 Å². The largest absolute Gasteiger partial charge is 0.486 e. The number of nitrogens with zero attached hydrogens (tertiary/aromatic N) is 2. The summed E-state index contributed by atoms with van der Waals surface area (Å²) in [5.74, 6) is 1.36. The number of carbonyl (C=O) groups is 1. The van der Waals surface area contributed by atoms with E-state index in [-0.39, 0.29) is 18.6 Å². The minimum Gasteiger partial charge on any atom is -0.486 e. The normalized spacial score (nSPS) is 15.5. The minimum atomic E-state index is -0.130. The van der Waals surface area contributed by atoms with Gasteiger partial charge in [-0.05, 0) is 36.5 Å². The summed E-state index contributed by atoms with van der Waals surface area (Å²) >= 11 is 1.35. The summed E-state index contributed by atoms with van der Waals surface area (Å²) in [6, 6.07) is 11.4. The van der Waals surface area contributed by atoms with E-state index in [0.29, 0.717) is 23.7 Å². The summed E-state index contributed by atoms with van der Waals surface area (Å²) < 4.78 is 11.7. The highest BCUT2D eigenvalue weighted by atomic mass is 32.1. The molecule has 7 heteroatoms. The third-order valence-electron chi connectivity index (χ3n) is 3.98. The van der Waals surface area contributed by atoms with E-state index in [9.17, 15) is 4.79 Å². The van der Waals surface area contributed by atoms with Gasteiger partial charge >= 0.3 is 0 Å². The quantitative estimate of drug-likeness (QED) is 0.809. The van der Waals surface area contributed by atoms with Crippen molar-refractivity contribution in [3.8, 4) is 17.6 Å². The zero-order chi connectivity index (χ0) is 18.4. The number of amides is 1. The van der Waals surface area contributed by atoms with Crippen molar-refractivity contribution < 1.29 is 14.3 Å². The minimum absolute atomic E-state index is 0.124. The predicted octanol–water partition coefficient (Wildman–Crippen LogP) is 3.11. The summed E-state index contributed by atoms with van der Waals surface area (Å²) in [7, 11) is 0. The van der Waals surface area contributed by atoms with Crippen molar-refractivity contribution in [1.29, 1.82) is 5.26 Å². The molecule has 0 unspecified atom stereocenters. The van der Waals surface area contributed by atoms with Crippen molar-refractivity contribution in [1.82, 2.24) is 4.90 Å². The lowest BCUT2D eigenvalue weighted by molar-refractivity contribution is -0.117. The highest BCUT2D eigenvalue weighted by Crippen LogP contribution is 2.31. The van der Waals surface area contributed by atoms with Crippen molar-refractivity contribution >= 4 is 22.2 Å². The molecule has 0 spiro atoms. The number of hydrogen-bond donors (Lipinski definition) is 1.